The van der Waals surface area contributed by atoms with Crippen molar-refractivity contribution in [3.05, 3.63) is 217 Å². The zero-order chi connectivity index (χ0) is 83.4. The number of carbonyl (C=O) groups excluding carboxylic acids is 8. The first-order valence-corrected chi connectivity index (χ1v) is 42.5. The molecular formula is C97H124O20. The Kier molecular flexibility index (Phi) is 48.6. The molecule has 0 aliphatic heterocycles. The highest BCUT2D eigenvalue weighted by atomic mass is 16.6. The van der Waals surface area contributed by atoms with E-state index in [2.05, 4.69) is 26.3 Å². The summed E-state index contributed by atoms with van der Waals surface area (Å²) in [6, 6.07) is 37.7. The van der Waals surface area contributed by atoms with Gasteiger partial charge in [0.15, 0.2) is 0 Å². The molecule has 6 rings (SSSR count). The van der Waals surface area contributed by atoms with E-state index >= 15 is 0 Å². The predicted molar refractivity (Wildman–Crippen MR) is 454 cm³/mol. The SMILES string of the molecule is C=CC(=O)OCCCCCCCCCOc1ccc(C(=O)Oc2ccc(OC(=O)c3ccc(OCCCCCCCCCOC(=O)C=C)cc3)c(CCCCCCCCCc3cc(OC(=O)c4ccc(OCCCCCCCCCOC(=O)C=C)cc4)ccc3OC(=O)c3ccc(OCCCCCCCCCOC(=O)C=C)cc3)c2)cc1. The van der Waals surface area contributed by atoms with E-state index in [1.165, 1.54) is 24.3 Å². The molecule has 632 valence electrons. The minimum atomic E-state index is -0.544. The Labute approximate surface area is 693 Å². The molecule has 0 spiro atoms. The molecule has 6 aromatic rings. The van der Waals surface area contributed by atoms with E-state index < -0.39 is 23.9 Å². The summed E-state index contributed by atoms with van der Waals surface area (Å²) in [5, 5.41) is 0. The first-order chi connectivity index (χ1) is 57.2. The van der Waals surface area contributed by atoms with Crippen molar-refractivity contribution < 1.29 is 95.2 Å². The lowest BCUT2D eigenvalue weighted by molar-refractivity contribution is -0.138. The molecule has 0 saturated carbocycles. The van der Waals surface area contributed by atoms with Crippen LogP contribution < -0.4 is 37.9 Å². The van der Waals surface area contributed by atoms with E-state index in [0.717, 1.165) is 225 Å². The number of benzene rings is 6. The fourth-order valence-corrected chi connectivity index (χ4v) is 12.8. The van der Waals surface area contributed by atoms with Crippen LogP contribution in [0.5, 0.6) is 46.0 Å². The number of hydrogen-bond donors (Lipinski definition) is 0. The average molecular weight is 1610 g/mol. The summed E-state index contributed by atoms with van der Waals surface area (Å²) in [7, 11) is 0. The number of esters is 8. The van der Waals surface area contributed by atoms with E-state index in [-0.39, 0.29) is 23.9 Å². The fourth-order valence-electron chi connectivity index (χ4n) is 12.8. The van der Waals surface area contributed by atoms with Crippen molar-refractivity contribution in [3.8, 4) is 46.0 Å². The van der Waals surface area contributed by atoms with Gasteiger partial charge < -0.3 is 56.8 Å². The molecule has 0 saturated heterocycles. The van der Waals surface area contributed by atoms with E-state index in [4.69, 9.17) is 56.8 Å². The molecule has 0 heterocycles. The van der Waals surface area contributed by atoms with Crippen molar-refractivity contribution in [2.24, 2.45) is 0 Å². The zero-order valence-electron chi connectivity index (χ0n) is 68.8. The summed E-state index contributed by atoms with van der Waals surface area (Å²) < 4.78 is 68.2. The molecule has 0 N–H and O–H groups in total. The second-order valence-electron chi connectivity index (χ2n) is 28.9. The Morgan fingerprint density at radius 1 is 0.214 bits per heavy atom. The van der Waals surface area contributed by atoms with Gasteiger partial charge in [-0.3, -0.25) is 0 Å². The third-order valence-corrected chi connectivity index (χ3v) is 19.5. The summed E-state index contributed by atoms with van der Waals surface area (Å²) in [6.07, 6.45) is 40.0. The van der Waals surface area contributed by atoms with Gasteiger partial charge in [-0.1, -0.05) is 187 Å². The second kappa shape index (κ2) is 59.8. The highest BCUT2D eigenvalue weighted by Crippen LogP contribution is 2.32. The molecule has 20 heteroatoms. The molecule has 0 atom stereocenters. The molecule has 20 nitrogen and oxygen atoms in total. The molecule has 0 radical (unpaired) electrons. The number of carbonyl (C=O) groups is 8. The summed E-state index contributed by atoms with van der Waals surface area (Å²) in [4.78, 5) is 99.7. The van der Waals surface area contributed by atoms with Gasteiger partial charge in [-0.25, -0.2) is 38.4 Å². The molecule has 0 unspecified atom stereocenters. The van der Waals surface area contributed by atoms with Crippen LogP contribution in [0.3, 0.4) is 0 Å². The lowest BCUT2D eigenvalue weighted by atomic mass is 10.0. The molecule has 0 fully saturated rings. The molecule has 117 heavy (non-hydrogen) atoms. The maximum Gasteiger partial charge on any atom is 0.343 e. The molecule has 0 aliphatic carbocycles. The lowest BCUT2D eigenvalue weighted by Gasteiger charge is -2.14. The molecule has 0 aliphatic rings. The highest BCUT2D eigenvalue weighted by molar-refractivity contribution is 5.94. The van der Waals surface area contributed by atoms with Crippen molar-refractivity contribution in [1.29, 1.82) is 0 Å². The van der Waals surface area contributed by atoms with Gasteiger partial charge in [0.1, 0.15) is 46.0 Å². The van der Waals surface area contributed by atoms with Crippen LogP contribution in [0.25, 0.3) is 0 Å². The van der Waals surface area contributed by atoms with Gasteiger partial charge in [-0.15, -0.1) is 0 Å². The van der Waals surface area contributed by atoms with Gasteiger partial charge in [-0.05, 0) is 222 Å². The van der Waals surface area contributed by atoms with Crippen LogP contribution in [0.15, 0.2) is 184 Å². The van der Waals surface area contributed by atoms with Crippen molar-refractivity contribution in [3.63, 3.8) is 0 Å². The molecule has 0 bridgehead atoms. The van der Waals surface area contributed by atoms with Crippen molar-refractivity contribution in [2.45, 2.75) is 238 Å². The zero-order valence-corrected chi connectivity index (χ0v) is 68.8. The van der Waals surface area contributed by atoms with Gasteiger partial charge in [0, 0.05) is 24.3 Å². The Bertz CT molecular complexity index is 3660. The monoisotopic (exact) mass is 1610 g/mol. The number of aryl methyl sites for hydroxylation is 2. The smallest absolute Gasteiger partial charge is 0.343 e. The van der Waals surface area contributed by atoms with Gasteiger partial charge in [-0.2, -0.15) is 0 Å². The molecule has 0 amide bonds. The van der Waals surface area contributed by atoms with Crippen LogP contribution in [-0.2, 0) is 51.0 Å². The lowest BCUT2D eigenvalue weighted by Crippen LogP contribution is -2.11. The normalized spacial score (nSPS) is 10.8. The maximum absolute atomic E-state index is 13.8. The van der Waals surface area contributed by atoms with Crippen LogP contribution in [0, 0.1) is 0 Å². The Balaban J connectivity index is 1.01. The third-order valence-electron chi connectivity index (χ3n) is 19.5. The van der Waals surface area contributed by atoms with E-state index in [9.17, 15) is 38.4 Å². The van der Waals surface area contributed by atoms with Crippen molar-refractivity contribution in [1.82, 2.24) is 0 Å². The Hall–Kier alpha value is -10.8. The molecular weight excluding hydrogens is 1490 g/mol. The van der Waals surface area contributed by atoms with Gasteiger partial charge in [0.2, 0.25) is 0 Å². The van der Waals surface area contributed by atoms with Crippen LogP contribution in [-0.4, -0.2) is 101 Å². The van der Waals surface area contributed by atoms with Gasteiger partial charge in [0.05, 0.1) is 75.1 Å². The van der Waals surface area contributed by atoms with E-state index in [1.54, 1.807) is 133 Å². The summed E-state index contributed by atoms with van der Waals surface area (Å²) in [6.45, 7) is 17.5. The fraction of sp³-hybridized carbons (Fsp3) is 0.464. The second-order valence-corrected chi connectivity index (χ2v) is 28.9. The third kappa shape index (κ3) is 42.1. The topological polar surface area (TPSA) is 247 Å². The predicted octanol–water partition coefficient (Wildman–Crippen LogP) is 22.4. The van der Waals surface area contributed by atoms with Crippen LogP contribution in [0.1, 0.15) is 277 Å². The quantitative estimate of drug-likeness (QED) is 0.0113. The maximum atomic E-state index is 13.8. The Morgan fingerprint density at radius 2 is 0.402 bits per heavy atom. The standard InChI is InChI=1S/C97H124O20/c1-5-90(98)110-70-40-30-20-10-16-26-36-66-106-82-54-46-76(47-55-82)94(102)114-86-62-64-88(116-96(104)78-50-58-84(59-51-78)108-68-38-28-18-12-22-32-42-72-112-92(100)7-3)80(74-86)44-34-24-14-9-15-25-35-45-81-75-87(115-95(103)77-48-56-83(57-49-77)107-67-37-27-17-11-21-31-41-71-111-91(99)6-2)63-65-89(81)117-97(105)79-52-60-85(61-53-79)109-69-39-29-19-13-23-33-43-73-113-93(101)8-4/h5-8,46-65,74-75H,1-4,9-45,66-73H2. The largest absolute Gasteiger partial charge is 0.494 e. The summed E-state index contributed by atoms with van der Waals surface area (Å²) >= 11 is 0. The Morgan fingerprint density at radius 3 is 0.624 bits per heavy atom. The number of rotatable bonds is 66. The van der Waals surface area contributed by atoms with Crippen molar-refractivity contribution >= 4 is 47.8 Å². The van der Waals surface area contributed by atoms with Crippen molar-refractivity contribution in [2.75, 3.05) is 52.9 Å². The van der Waals surface area contributed by atoms with Gasteiger partial charge >= 0.3 is 47.8 Å². The summed E-state index contributed by atoms with van der Waals surface area (Å²) in [5.74, 6) is 0.234. The van der Waals surface area contributed by atoms with E-state index in [1.807, 2.05) is 0 Å². The van der Waals surface area contributed by atoms with Crippen LogP contribution in [0.4, 0.5) is 0 Å². The number of unbranched alkanes of at least 4 members (excludes halogenated alkanes) is 30. The van der Waals surface area contributed by atoms with E-state index in [0.29, 0.717) is 145 Å². The minimum absolute atomic E-state index is 0.310. The number of hydrogen-bond acceptors (Lipinski definition) is 20. The van der Waals surface area contributed by atoms with Crippen LogP contribution >= 0.6 is 0 Å². The summed E-state index contributed by atoms with van der Waals surface area (Å²) in [5.41, 5.74) is 2.83. The first kappa shape index (κ1) is 95.1. The first-order valence-electron chi connectivity index (χ1n) is 42.5. The van der Waals surface area contributed by atoms with Crippen LogP contribution in [0.2, 0.25) is 0 Å². The highest BCUT2D eigenvalue weighted by Gasteiger charge is 2.19. The molecule has 6 aromatic carbocycles. The average Bonchev–Trinajstić information content (AvgIpc) is 0.837. The number of ether oxygens (including phenoxy) is 12. The van der Waals surface area contributed by atoms with Gasteiger partial charge in [0.25, 0.3) is 0 Å². The molecule has 0 aromatic heterocycles. The minimum Gasteiger partial charge on any atom is -0.494 e.